The minimum Gasteiger partial charge on any atom is -0.360 e. The third-order valence-electron chi connectivity index (χ3n) is 3.52. The van der Waals surface area contributed by atoms with E-state index in [1.165, 1.54) is 0 Å². The van der Waals surface area contributed by atoms with Crippen LogP contribution in [0.3, 0.4) is 0 Å². The monoisotopic (exact) mass is 327 g/mol. The first-order valence-corrected chi connectivity index (χ1v) is 8.81. The summed E-state index contributed by atoms with van der Waals surface area (Å²) in [6.07, 6.45) is 5.23. The Labute approximate surface area is 135 Å². The maximum atomic E-state index is 12.6. The second-order valence-electron chi connectivity index (χ2n) is 5.23. The normalized spacial score (nSPS) is 12.0. The molecule has 2 aromatic heterocycles. The van der Waals surface area contributed by atoms with Crippen LogP contribution in [0.15, 0.2) is 70.9 Å². The predicted molar refractivity (Wildman–Crippen MR) is 90.8 cm³/mol. The lowest BCUT2D eigenvalue weighted by Crippen LogP contribution is -2.09. The van der Waals surface area contributed by atoms with Gasteiger partial charge in [-0.05, 0) is 35.9 Å². The fraction of sp³-hybridized carbons (Fsp3) is 0.118. The summed E-state index contributed by atoms with van der Waals surface area (Å²) in [6, 6.07) is 14.4. The van der Waals surface area contributed by atoms with Crippen molar-refractivity contribution in [3.05, 3.63) is 72.2 Å². The van der Waals surface area contributed by atoms with Crippen LogP contribution >= 0.6 is 0 Å². The van der Waals surface area contributed by atoms with E-state index in [-0.39, 0.29) is 5.75 Å². The number of para-hydroxylation sites is 1. The van der Waals surface area contributed by atoms with Crippen LogP contribution in [0.1, 0.15) is 11.3 Å². The summed E-state index contributed by atoms with van der Waals surface area (Å²) < 4.78 is 26.8. The van der Waals surface area contributed by atoms with Gasteiger partial charge in [-0.2, -0.15) is 0 Å². The summed E-state index contributed by atoms with van der Waals surface area (Å²) in [7, 11) is -1.69. The Bertz CT molecular complexity index is 922. The van der Waals surface area contributed by atoms with E-state index in [1.54, 1.807) is 42.2 Å². The van der Waals surface area contributed by atoms with Crippen LogP contribution in [0.2, 0.25) is 0 Å². The number of hydrogen-bond acceptors (Lipinski definition) is 3. The van der Waals surface area contributed by atoms with E-state index in [1.807, 2.05) is 36.5 Å². The van der Waals surface area contributed by atoms with Gasteiger partial charge in [0.15, 0.2) is 9.84 Å². The third kappa shape index (κ3) is 3.43. The topological polar surface area (TPSA) is 67.2 Å². The summed E-state index contributed by atoms with van der Waals surface area (Å²) in [5.74, 6) is -0.0803. The molecule has 0 aliphatic heterocycles. The number of aromatic amines is 1. The van der Waals surface area contributed by atoms with Crippen molar-refractivity contribution >= 4 is 21.7 Å². The maximum absolute atomic E-state index is 12.6. The van der Waals surface area contributed by atoms with Gasteiger partial charge in [0.25, 0.3) is 0 Å². The molecule has 0 saturated carbocycles. The number of aliphatic imine (C=N–C) groups is 1. The molecule has 0 bridgehead atoms. The van der Waals surface area contributed by atoms with Crippen molar-refractivity contribution in [1.82, 2.24) is 9.55 Å². The van der Waals surface area contributed by atoms with Gasteiger partial charge in [0, 0.05) is 19.4 Å². The van der Waals surface area contributed by atoms with Gasteiger partial charge in [-0.25, -0.2) is 8.42 Å². The number of nitrogens with one attached hydrogen (secondary N) is 1. The highest BCUT2D eigenvalue weighted by molar-refractivity contribution is 7.90. The molecule has 6 heteroatoms. The molecule has 118 valence electrons. The molecule has 23 heavy (non-hydrogen) atoms. The van der Waals surface area contributed by atoms with Crippen LogP contribution in [0.25, 0.3) is 0 Å². The summed E-state index contributed by atoms with van der Waals surface area (Å²) >= 11 is 0. The number of hydrogen-bond donors (Lipinski definition) is 1. The van der Waals surface area contributed by atoms with Crippen LogP contribution in [-0.2, 0) is 22.6 Å². The molecule has 0 spiro atoms. The highest BCUT2D eigenvalue weighted by Gasteiger charge is 2.19. The standard InChI is InChI=1S/C17H17N3O2S/c1-20-11-5-9-17(20)23(21,22)13-14-6-2-3-8-16(14)19-12-15-7-4-10-18-15/h2-12,18H,13H2,1H3. The lowest BCUT2D eigenvalue weighted by Gasteiger charge is -2.08. The molecule has 1 aromatic carbocycles. The molecule has 0 fully saturated rings. The van der Waals surface area contributed by atoms with Gasteiger partial charge in [0.05, 0.1) is 23.3 Å². The SMILES string of the molecule is Cn1cccc1S(=O)(=O)Cc1ccccc1N=Cc1ccc[nH]1. The van der Waals surface area contributed by atoms with Crippen LogP contribution in [0, 0.1) is 0 Å². The summed E-state index contributed by atoms with van der Waals surface area (Å²) in [5, 5.41) is 0.306. The quantitative estimate of drug-likeness (QED) is 0.732. The van der Waals surface area contributed by atoms with Crippen LogP contribution < -0.4 is 0 Å². The molecule has 3 rings (SSSR count). The second-order valence-corrected chi connectivity index (χ2v) is 7.17. The molecule has 3 aromatic rings. The summed E-state index contributed by atoms with van der Waals surface area (Å²) in [6.45, 7) is 0. The van der Waals surface area contributed by atoms with Crippen molar-refractivity contribution in [3.8, 4) is 0 Å². The molecular weight excluding hydrogens is 310 g/mol. The van der Waals surface area contributed by atoms with Crippen molar-refractivity contribution in [2.75, 3.05) is 0 Å². The average molecular weight is 327 g/mol. The van der Waals surface area contributed by atoms with Gasteiger partial charge in [-0.15, -0.1) is 0 Å². The van der Waals surface area contributed by atoms with E-state index < -0.39 is 9.84 Å². The lowest BCUT2D eigenvalue weighted by atomic mass is 10.2. The van der Waals surface area contributed by atoms with Gasteiger partial charge >= 0.3 is 0 Å². The van der Waals surface area contributed by atoms with Crippen LogP contribution in [-0.4, -0.2) is 24.2 Å². The van der Waals surface area contributed by atoms with Gasteiger partial charge in [0.2, 0.25) is 0 Å². The van der Waals surface area contributed by atoms with E-state index in [4.69, 9.17) is 0 Å². The van der Waals surface area contributed by atoms with Crippen molar-refractivity contribution < 1.29 is 8.42 Å². The Hall–Kier alpha value is -2.60. The number of nitrogens with zero attached hydrogens (tertiary/aromatic N) is 2. The lowest BCUT2D eigenvalue weighted by molar-refractivity contribution is 0.585. The molecule has 0 radical (unpaired) electrons. The van der Waals surface area contributed by atoms with E-state index in [9.17, 15) is 8.42 Å². The van der Waals surface area contributed by atoms with E-state index in [2.05, 4.69) is 9.98 Å². The Morgan fingerprint density at radius 2 is 1.96 bits per heavy atom. The first-order chi connectivity index (χ1) is 11.1. The van der Waals surface area contributed by atoms with Gasteiger partial charge in [-0.1, -0.05) is 18.2 Å². The number of H-pyrrole nitrogens is 1. The number of benzene rings is 1. The first-order valence-electron chi connectivity index (χ1n) is 7.16. The highest BCUT2D eigenvalue weighted by Crippen LogP contribution is 2.24. The van der Waals surface area contributed by atoms with Crippen molar-refractivity contribution in [2.24, 2.45) is 12.0 Å². The third-order valence-corrected chi connectivity index (χ3v) is 5.27. The number of aromatic nitrogens is 2. The first kappa shape index (κ1) is 15.3. The largest absolute Gasteiger partial charge is 0.360 e. The van der Waals surface area contributed by atoms with Crippen LogP contribution in [0.4, 0.5) is 5.69 Å². The highest BCUT2D eigenvalue weighted by atomic mass is 32.2. The van der Waals surface area contributed by atoms with E-state index >= 15 is 0 Å². The molecule has 0 aliphatic rings. The minimum absolute atomic E-state index is 0.0803. The number of aryl methyl sites for hydroxylation is 1. The molecule has 1 N–H and O–H groups in total. The fourth-order valence-electron chi connectivity index (χ4n) is 2.37. The Morgan fingerprint density at radius 3 is 2.65 bits per heavy atom. The number of sulfone groups is 1. The second kappa shape index (κ2) is 6.26. The zero-order chi connectivity index (χ0) is 16.3. The zero-order valence-corrected chi connectivity index (χ0v) is 13.5. The van der Waals surface area contributed by atoms with Gasteiger partial charge in [0.1, 0.15) is 5.03 Å². The molecule has 0 unspecified atom stereocenters. The summed E-state index contributed by atoms with van der Waals surface area (Å²) in [4.78, 5) is 7.44. The molecular formula is C17H17N3O2S. The molecule has 0 aliphatic carbocycles. The summed E-state index contributed by atoms with van der Waals surface area (Å²) in [5.41, 5.74) is 2.20. The smallest absolute Gasteiger partial charge is 0.197 e. The van der Waals surface area contributed by atoms with Gasteiger partial charge in [-0.3, -0.25) is 4.99 Å². The van der Waals surface area contributed by atoms with Crippen molar-refractivity contribution in [1.29, 1.82) is 0 Å². The van der Waals surface area contributed by atoms with Crippen molar-refractivity contribution in [3.63, 3.8) is 0 Å². The fourth-order valence-corrected chi connectivity index (χ4v) is 3.96. The molecule has 2 heterocycles. The average Bonchev–Trinajstić information content (AvgIpc) is 3.17. The zero-order valence-electron chi connectivity index (χ0n) is 12.7. The molecule has 0 amide bonds. The Morgan fingerprint density at radius 1 is 1.13 bits per heavy atom. The molecule has 5 nitrogen and oxygen atoms in total. The van der Waals surface area contributed by atoms with Gasteiger partial charge < -0.3 is 9.55 Å². The number of rotatable bonds is 5. The maximum Gasteiger partial charge on any atom is 0.197 e. The predicted octanol–water partition coefficient (Wildman–Crippen LogP) is 3.08. The minimum atomic E-state index is -3.41. The van der Waals surface area contributed by atoms with E-state index in [0.29, 0.717) is 16.3 Å². The molecule has 0 atom stereocenters. The molecule has 0 saturated heterocycles. The Kier molecular flexibility index (Phi) is 4.16. The Balaban J connectivity index is 1.91. The van der Waals surface area contributed by atoms with E-state index in [0.717, 1.165) is 5.69 Å². The van der Waals surface area contributed by atoms with Crippen LogP contribution in [0.5, 0.6) is 0 Å². The van der Waals surface area contributed by atoms with Crippen molar-refractivity contribution in [2.45, 2.75) is 10.8 Å².